The first-order chi connectivity index (χ1) is 10.0. The molecule has 3 heterocycles. The number of aliphatic hydroxyl groups is 1. The molecule has 0 aromatic carbocycles. The number of H-pyrrole nitrogens is 2. The molecule has 7 nitrogen and oxygen atoms in total. The van der Waals surface area contributed by atoms with Gasteiger partial charge < -0.3 is 10.0 Å². The van der Waals surface area contributed by atoms with Crippen LogP contribution in [0.3, 0.4) is 0 Å². The molecule has 0 aliphatic carbocycles. The maximum atomic E-state index is 12.3. The number of hydrogen-bond donors (Lipinski definition) is 3. The summed E-state index contributed by atoms with van der Waals surface area (Å²) in [5.41, 5.74) is 2.14. The highest BCUT2D eigenvalue weighted by molar-refractivity contribution is 6.33. The summed E-state index contributed by atoms with van der Waals surface area (Å²) >= 11 is 5.90. The third-order valence-corrected chi connectivity index (χ3v) is 4.02. The predicted octanol–water partition coefficient (Wildman–Crippen LogP) is 0.770. The standard InChI is InChI=1S/C13H16ClN5O2/c1-7-2-9(17-16-7)3-8-5-19(6-11(8)20)13(21)12-10(14)4-15-18-12/h2,4,8,11,20H,3,5-6H2,1H3,(H,15,18)(H,16,17)/t8-,11-/m1/s1. The van der Waals surface area contributed by atoms with Crippen LogP contribution in [-0.4, -0.2) is 55.5 Å². The highest BCUT2D eigenvalue weighted by Gasteiger charge is 2.35. The second-order valence-corrected chi connectivity index (χ2v) is 5.78. The average Bonchev–Trinajstić information content (AvgIpc) is 3.12. The minimum absolute atomic E-state index is 0.0293. The Hall–Kier alpha value is -1.86. The van der Waals surface area contributed by atoms with Gasteiger partial charge in [-0.25, -0.2) is 0 Å². The van der Waals surface area contributed by atoms with Crippen molar-refractivity contribution >= 4 is 17.5 Å². The highest BCUT2D eigenvalue weighted by Crippen LogP contribution is 2.24. The molecule has 3 rings (SSSR count). The molecular weight excluding hydrogens is 294 g/mol. The van der Waals surface area contributed by atoms with Crippen molar-refractivity contribution in [3.05, 3.63) is 34.4 Å². The Morgan fingerprint density at radius 2 is 2.33 bits per heavy atom. The summed E-state index contributed by atoms with van der Waals surface area (Å²) in [5, 5.41) is 23.8. The van der Waals surface area contributed by atoms with E-state index in [-0.39, 0.29) is 17.5 Å². The van der Waals surface area contributed by atoms with Crippen molar-refractivity contribution in [3.8, 4) is 0 Å². The van der Waals surface area contributed by atoms with Crippen molar-refractivity contribution < 1.29 is 9.90 Å². The van der Waals surface area contributed by atoms with Crippen LogP contribution in [0.1, 0.15) is 21.9 Å². The zero-order valence-corrected chi connectivity index (χ0v) is 12.3. The molecule has 2 atom stereocenters. The fourth-order valence-electron chi connectivity index (χ4n) is 2.65. The number of rotatable bonds is 3. The normalized spacial score (nSPS) is 22.0. The minimum Gasteiger partial charge on any atom is -0.391 e. The SMILES string of the molecule is Cc1cc(C[C@@H]2CN(C(=O)c3[nH]ncc3Cl)C[C@H]2O)n[nH]1. The number of amides is 1. The van der Waals surface area contributed by atoms with Gasteiger partial charge in [0.25, 0.3) is 5.91 Å². The van der Waals surface area contributed by atoms with Crippen LogP contribution >= 0.6 is 11.6 Å². The minimum atomic E-state index is -0.562. The number of carbonyl (C=O) groups excluding carboxylic acids is 1. The Kier molecular flexibility index (Phi) is 3.69. The van der Waals surface area contributed by atoms with Crippen molar-refractivity contribution in [3.63, 3.8) is 0 Å². The topological polar surface area (TPSA) is 97.9 Å². The Bertz CT molecular complexity index is 653. The molecule has 21 heavy (non-hydrogen) atoms. The van der Waals surface area contributed by atoms with E-state index in [4.69, 9.17) is 11.6 Å². The van der Waals surface area contributed by atoms with Crippen LogP contribution in [0.4, 0.5) is 0 Å². The van der Waals surface area contributed by atoms with Gasteiger partial charge in [-0.3, -0.25) is 15.0 Å². The Morgan fingerprint density at radius 1 is 1.52 bits per heavy atom. The first kappa shape index (κ1) is 14.1. The summed E-state index contributed by atoms with van der Waals surface area (Å²) in [7, 11) is 0. The summed E-state index contributed by atoms with van der Waals surface area (Å²) < 4.78 is 0. The zero-order valence-electron chi connectivity index (χ0n) is 11.5. The van der Waals surface area contributed by atoms with Crippen LogP contribution in [-0.2, 0) is 6.42 Å². The summed E-state index contributed by atoms with van der Waals surface area (Å²) in [6, 6.07) is 1.95. The second-order valence-electron chi connectivity index (χ2n) is 5.38. The van der Waals surface area contributed by atoms with E-state index in [1.807, 2.05) is 13.0 Å². The van der Waals surface area contributed by atoms with Gasteiger partial charge in [-0.1, -0.05) is 11.6 Å². The van der Waals surface area contributed by atoms with Gasteiger partial charge >= 0.3 is 0 Å². The van der Waals surface area contributed by atoms with E-state index in [1.165, 1.54) is 6.20 Å². The summed E-state index contributed by atoms with van der Waals surface area (Å²) in [5.74, 6) is -0.268. The number of aliphatic hydroxyl groups excluding tert-OH is 1. The van der Waals surface area contributed by atoms with Crippen molar-refractivity contribution in [1.82, 2.24) is 25.3 Å². The summed E-state index contributed by atoms with van der Waals surface area (Å²) in [6.07, 6.45) is 1.46. The smallest absolute Gasteiger partial charge is 0.273 e. The van der Waals surface area contributed by atoms with Gasteiger partial charge in [0.2, 0.25) is 0 Å². The van der Waals surface area contributed by atoms with Gasteiger partial charge in [-0.15, -0.1) is 0 Å². The molecule has 3 N–H and O–H groups in total. The van der Waals surface area contributed by atoms with Gasteiger partial charge in [-0.05, 0) is 19.4 Å². The molecular formula is C13H16ClN5O2. The molecule has 1 fully saturated rings. The number of aromatic nitrogens is 4. The number of aromatic amines is 2. The number of β-amino-alcohol motifs (C(OH)–C–C–N with tert-alkyl or cyclic N) is 1. The van der Waals surface area contributed by atoms with Crippen LogP contribution in [0, 0.1) is 12.8 Å². The molecule has 1 amide bonds. The number of aryl methyl sites for hydroxylation is 1. The molecule has 1 saturated heterocycles. The fourth-order valence-corrected chi connectivity index (χ4v) is 2.82. The second kappa shape index (κ2) is 5.50. The van der Waals surface area contributed by atoms with E-state index in [0.717, 1.165) is 11.4 Å². The van der Waals surface area contributed by atoms with E-state index >= 15 is 0 Å². The third kappa shape index (κ3) is 2.79. The monoisotopic (exact) mass is 309 g/mol. The Balaban J connectivity index is 1.68. The van der Waals surface area contributed by atoms with E-state index in [0.29, 0.717) is 24.5 Å². The lowest BCUT2D eigenvalue weighted by Crippen LogP contribution is -2.30. The van der Waals surface area contributed by atoms with E-state index in [1.54, 1.807) is 4.90 Å². The lowest BCUT2D eigenvalue weighted by atomic mass is 10.0. The van der Waals surface area contributed by atoms with Gasteiger partial charge in [-0.2, -0.15) is 10.2 Å². The van der Waals surface area contributed by atoms with Crippen LogP contribution in [0.15, 0.2) is 12.3 Å². The van der Waals surface area contributed by atoms with Gasteiger partial charge in [0, 0.05) is 24.7 Å². The van der Waals surface area contributed by atoms with Crippen LogP contribution in [0.5, 0.6) is 0 Å². The third-order valence-electron chi connectivity index (χ3n) is 3.73. The molecule has 0 unspecified atom stereocenters. The summed E-state index contributed by atoms with van der Waals surface area (Å²) in [6.45, 7) is 2.70. The van der Waals surface area contributed by atoms with Crippen molar-refractivity contribution in [2.75, 3.05) is 13.1 Å². The molecule has 112 valence electrons. The summed E-state index contributed by atoms with van der Waals surface area (Å²) in [4.78, 5) is 13.9. The number of likely N-dealkylation sites (tertiary alicyclic amines) is 1. The molecule has 0 radical (unpaired) electrons. The van der Waals surface area contributed by atoms with Crippen LogP contribution in [0.25, 0.3) is 0 Å². The van der Waals surface area contributed by atoms with Crippen LogP contribution < -0.4 is 0 Å². The molecule has 8 heteroatoms. The van der Waals surface area contributed by atoms with Crippen molar-refractivity contribution in [2.24, 2.45) is 5.92 Å². The highest BCUT2D eigenvalue weighted by atomic mass is 35.5. The van der Waals surface area contributed by atoms with Gasteiger partial charge in [0.1, 0.15) is 5.69 Å². The fraction of sp³-hybridized carbons (Fsp3) is 0.462. The quantitative estimate of drug-likeness (QED) is 0.780. The molecule has 0 spiro atoms. The average molecular weight is 310 g/mol. The van der Waals surface area contributed by atoms with E-state index in [9.17, 15) is 9.90 Å². The number of hydrogen-bond acceptors (Lipinski definition) is 4. The van der Waals surface area contributed by atoms with Crippen molar-refractivity contribution in [1.29, 1.82) is 0 Å². The molecule has 1 aliphatic rings. The number of halogens is 1. The molecule has 2 aromatic heterocycles. The molecule has 2 aromatic rings. The van der Waals surface area contributed by atoms with Gasteiger partial charge in [0.15, 0.2) is 0 Å². The Labute approximate surface area is 126 Å². The van der Waals surface area contributed by atoms with Gasteiger partial charge in [0.05, 0.1) is 23.0 Å². The van der Waals surface area contributed by atoms with E-state index in [2.05, 4.69) is 20.4 Å². The van der Waals surface area contributed by atoms with E-state index < -0.39 is 6.10 Å². The molecule has 0 saturated carbocycles. The first-order valence-corrected chi connectivity index (χ1v) is 7.09. The maximum absolute atomic E-state index is 12.3. The lowest BCUT2D eigenvalue weighted by Gasteiger charge is -2.14. The largest absolute Gasteiger partial charge is 0.391 e. The molecule has 1 aliphatic heterocycles. The Morgan fingerprint density at radius 3 is 2.95 bits per heavy atom. The number of nitrogens with zero attached hydrogens (tertiary/aromatic N) is 3. The van der Waals surface area contributed by atoms with Crippen molar-refractivity contribution in [2.45, 2.75) is 19.4 Å². The number of nitrogens with one attached hydrogen (secondary N) is 2. The molecule has 0 bridgehead atoms. The lowest BCUT2D eigenvalue weighted by molar-refractivity contribution is 0.0759. The zero-order chi connectivity index (χ0) is 15.0. The van der Waals surface area contributed by atoms with Crippen LogP contribution in [0.2, 0.25) is 5.02 Å². The predicted molar refractivity (Wildman–Crippen MR) is 76.0 cm³/mol. The first-order valence-electron chi connectivity index (χ1n) is 6.71. The maximum Gasteiger partial charge on any atom is 0.273 e. The number of carbonyl (C=O) groups is 1.